The Bertz CT molecular complexity index is 850. The zero-order chi connectivity index (χ0) is 18.5. The number of amides is 2. The maximum atomic E-state index is 12.4. The van der Waals surface area contributed by atoms with Crippen molar-refractivity contribution < 1.29 is 9.21 Å². The quantitative estimate of drug-likeness (QED) is 0.686. The molecule has 2 heterocycles. The van der Waals surface area contributed by atoms with Crippen molar-refractivity contribution in [2.45, 2.75) is 31.6 Å². The molecule has 4 rings (SSSR count). The second-order valence-corrected chi connectivity index (χ2v) is 7.10. The van der Waals surface area contributed by atoms with E-state index >= 15 is 0 Å². The maximum Gasteiger partial charge on any atom is 0.317 e. The van der Waals surface area contributed by atoms with Crippen LogP contribution in [0, 0.1) is 0 Å². The molecule has 1 N–H and O–H groups in total. The normalized spacial score (nSPS) is 15.2. The van der Waals surface area contributed by atoms with Crippen LogP contribution in [-0.2, 0) is 6.42 Å². The number of urea groups is 1. The monoisotopic (exact) mass is 363 g/mol. The van der Waals surface area contributed by atoms with Crippen LogP contribution < -0.4 is 5.32 Å². The van der Waals surface area contributed by atoms with E-state index in [1.807, 2.05) is 35.2 Å². The van der Waals surface area contributed by atoms with E-state index in [1.165, 1.54) is 5.56 Å². The number of nitrogens with zero attached hydrogens (tertiary/aromatic N) is 2. The number of hydrogen-bond donors (Lipinski definition) is 1. The Morgan fingerprint density at radius 3 is 2.59 bits per heavy atom. The van der Waals surface area contributed by atoms with Gasteiger partial charge in [0.15, 0.2) is 11.5 Å². The van der Waals surface area contributed by atoms with Gasteiger partial charge in [-0.3, -0.25) is 0 Å². The number of carbonyl (C=O) groups is 1. The number of fused-ring (bicyclic) bond motifs is 1. The zero-order valence-electron chi connectivity index (χ0n) is 15.4. The molecular formula is C22H25N3O2. The van der Waals surface area contributed by atoms with E-state index in [0.717, 1.165) is 55.8 Å². The second kappa shape index (κ2) is 8.25. The highest BCUT2D eigenvalue weighted by Gasteiger charge is 2.26. The van der Waals surface area contributed by atoms with Crippen molar-refractivity contribution in [1.82, 2.24) is 15.2 Å². The smallest absolute Gasteiger partial charge is 0.317 e. The number of likely N-dealkylation sites (tertiary alicyclic amines) is 1. The van der Waals surface area contributed by atoms with E-state index in [0.29, 0.717) is 12.5 Å². The number of carbonyl (C=O) groups excluding carboxylic acids is 1. The van der Waals surface area contributed by atoms with Gasteiger partial charge in [-0.1, -0.05) is 42.5 Å². The van der Waals surface area contributed by atoms with Crippen molar-refractivity contribution in [2.24, 2.45) is 0 Å². The van der Waals surface area contributed by atoms with Gasteiger partial charge in [0.1, 0.15) is 5.52 Å². The number of rotatable bonds is 5. The lowest BCUT2D eigenvalue weighted by atomic mass is 9.97. The van der Waals surface area contributed by atoms with Crippen LogP contribution in [0.15, 0.2) is 59.0 Å². The molecule has 140 valence electrons. The fraction of sp³-hybridized carbons (Fsp3) is 0.364. The van der Waals surface area contributed by atoms with Crippen molar-refractivity contribution in [2.75, 3.05) is 19.6 Å². The number of aromatic nitrogens is 1. The molecule has 0 saturated carbocycles. The summed E-state index contributed by atoms with van der Waals surface area (Å²) >= 11 is 0. The summed E-state index contributed by atoms with van der Waals surface area (Å²) in [5.41, 5.74) is 3.06. The Hall–Kier alpha value is -2.82. The molecule has 5 heteroatoms. The number of aryl methyl sites for hydroxylation is 1. The molecule has 1 saturated heterocycles. The number of nitrogens with one attached hydrogen (secondary N) is 1. The molecule has 0 radical (unpaired) electrons. The first-order valence-corrected chi connectivity index (χ1v) is 9.72. The van der Waals surface area contributed by atoms with Crippen LogP contribution in [0.4, 0.5) is 4.79 Å². The summed E-state index contributed by atoms with van der Waals surface area (Å²) in [6.45, 7) is 2.20. The van der Waals surface area contributed by atoms with Gasteiger partial charge in [0.2, 0.25) is 0 Å². The van der Waals surface area contributed by atoms with Gasteiger partial charge < -0.3 is 14.6 Å². The molecule has 2 amide bonds. The van der Waals surface area contributed by atoms with E-state index in [9.17, 15) is 4.79 Å². The number of oxazole rings is 1. The van der Waals surface area contributed by atoms with Crippen LogP contribution >= 0.6 is 0 Å². The highest BCUT2D eigenvalue weighted by Crippen LogP contribution is 2.29. The van der Waals surface area contributed by atoms with E-state index in [4.69, 9.17) is 4.42 Å². The fourth-order valence-electron chi connectivity index (χ4n) is 3.64. The Morgan fingerprint density at radius 1 is 1.07 bits per heavy atom. The van der Waals surface area contributed by atoms with Gasteiger partial charge >= 0.3 is 6.03 Å². The first kappa shape index (κ1) is 17.6. The van der Waals surface area contributed by atoms with Crippen LogP contribution in [-0.4, -0.2) is 35.5 Å². The number of piperidine rings is 1. The van der Waals surface area contributed by atoms with Gasteiger partial charge in [-0.2, -0.15) is 0 Å². The largest absolute Gasteiger partial charge is 0.440 e. The molecule has 0 bridgehead atoms. The van der Waals surface area contributed by atoms with Gasteiger partial charge in [0.25, 0.3) is 0 Å². The summed E-state index contributed by atoms with van der Waals surface area (Å²) in [6.07, 6.45) is 3.73. The summed E-state index contributed by atoms with van der Waals surface area (Å²) < 4.78 is 5.89. The first-order chi connectivity index (χ1) is 13.3. The van der Waals surface area contributed by atoms with E-state index in [-0.39, 0.29) is 6.03 Å². The predicted molar refractivity (Wildman–Crippen MR) is 106 cm³/mol. The minimum atomic E-state index is 0.0408. The Balaban J connectivity index is 1.22. The molecule has 1 fully saturated rings. The molecule has 0 spiro atoms. The maximum absolute atomic E-state index is 12.4. The summed E-state index contributed by atoms with van der Waals surface area (Å²) in [6, 6.07) is 18.3. The van der Waals surface area contributed by atoms with Crippen LogP contribution in [0.1, 0.15) is 36.6 Å². The molecule has 0 unspecified atom stereocenters. The van der Waals surface area contributed by atoms with E-state index in [1.54, 1.807) is 0 Å². The summed E-state index contributed by atoms with van der Waals surface area (Å²) in [4.78, 5) is 18.9. The molecular weight excluding hydrogens is 338 g/mol. The number of para-hydroxylation sites is 2. The van der Waals surface area contributed by atoms with Gasteiger partial charge in [-0.05, 0) is 43.4 Å². The minimum absolute atomic E-state index is 0.0408. The Labute approximate surface area is 159 Å². The number of benzene rings is 2. The van der Waals surface area contributed by atoms with Crippen LogP contribution in [0.3, 0.4) is 0 Å². The highest BCUT2D eigenvalue weighted by molar-refractivity contribution is 5.74. The van der Waals surface area contributed by atoms with E-state index < -0.39 is 0 Å². The molecule has 3 aromatic rings. The average molecular weight is 363 g/mol. The second-order valence-electron chi connectivity index (χ2n) is 7.10. The van der Waals surface area contributed by atoms with Crippen LogP contribution in [0.5, 0.6) is 0 Å². The van der Waals surface area contributed by atoms with Gasteiger partial charge in [0.05, 0.1) is 0 Å². The standard InChI is InChI=1S/C22H25N3O2/c26-22(23-14-6-9-17-7-2-1-3-8-17)25-15-12-18(13-16-25)21-24-19-10-4-5-11-20(19)27-21/h1-5,7-8,10-11,18H,6,9,12-16H2,(H,23,26). The van der Waals surface area contributed by atoms with Crippen molar-refractivity contribution in [3.05, 3.63) is 66.1 Å². The van der Waals surface area contributed by atoms with Gasteiger partial charge in [0, 0.05) is 25.6 Å². The Morgan fingerprint density at radius 2 is 1.81 bits per heavy atom. The van der Waals surface area contributed by atoms with Gasteiger partial charge in [-0.25, -0.2) is 9.78 Å². The third-order valence-corrected chi connectivity index (χ3v) is 5.20. The van der Waals surface area contributed by atoms with Crippen molar-refractivity contribution in [3.8, 4) is 0 Å². The SMILES string of the molecule is O=C(NCCCc1ccccc1)N1CCC(c2nc3ccccc3o2)CC1. The molecule has 5 nitrogen and oxygen atoms in total. The lowest BCUT2D eigenvalue weighted by Crippen LogP contribution is -2.44. The molecule has 0 aliphatic carbocycles. The van der Waals surface area contributed by atoms with E-state index in [2.05, 4.69) is 34.6 Å². The molecule has 1 aliphatic rings. The fourth-order valence-corrected chi connectivity index (χ4v) is 3.64. The average Bonchev–Trinajstić information content (AvgIpc) is 3.16. The first-order valence-electron chi connectivity index (χ1n) is 9.72. The third-order valence-electron chi connectivity index (χ3n) is 5.20. The third kappa shape index (κ3) is 4.30. The molecule has 27 heavy (non-hydrogen) atoms. The summed E-state index contributed by atoms with van der Waals surface area (Å²) in [7, 11) is 0. The highest BCUT2D eigenvalue weighted by atomic mass is 16.3. The predicted octanol–water partition coefficient (Wildman–Crippen LogP) is 4.35. The minimum Gasteiger partial charge on any atom is -0.440 e. The van der Waals surface area contributed by atoms with Crippen molar-refractivity contribution >= 4 is 17.1 Å². The topological polar surface area (TPSA) is 58.4 Å². The molecule has 0 atom stereocenters. The molecule has 1 aliphatic heterocycles. The van der Waals surface area contributed by atoms with Crippen LogP contribution in [0.2, 0.25) is 0 Å². The zero-order valence-corrected chi connectivity index (χ0v) is 15.4. The van der Waals surface area contributed by atoms with Crippen molar-refractivity contribution in [1.29, 1.82) is 0 Å². The summed E-state index contributed by atoms with van der Waals surface area (Å²) in [5.74, 6) is 1.10. The van der Waals surface area contributed by atoms with Crippen molar-refractivity contribution in [3.63, 3.8) is 0 Å². The summed E-state index contributed by atoms with van der Waals surface area (Å²) in [5, 5.41) is 3.05. The molecule has 2 aromatic carbocycles. The lowest BCUT2D eigenvalue weighted by Gasteiger charge is -2.30. The number of hydrogen-bond acceptors (Lipinski definition) is 3. The van der Waals surface area contributed by atoms with Gasteiger partial charge in [-0.15, -0.1) is 0 Å². The molecule has 1 aromatic heterocycles. The van der Waals surface area contributed by atoms with Crippen LogP contribution in [0.25, 0.3) is 11.1 Å². The Kier molecular flexibility index (Phi) is 5.37. The lowest BCUT2D eigenvalue weighted by molar-refractivity contribution is 0.177.